The highest BCUT2D eigenvalue weighted by Crippen LogP contribution is 2.32. The van der Waals surface area contributed by atoms with Crippen LogP contribution in [0.2, 0.25) is 0 Å². The first-order valence-corrected chi connectivity index (χ1v) is 7.64. The lowest BCUT2D eigenvalue weighted by atomic mass is 10.0. The molecule has 0 fully saturated rings. The van der Waals surface area contributed by atoms with Gasteiger partial charge in [0.25, 0.3) is 0 Å². The van der Waals surface area contributed by atoms with Gasteiger partial charge in [0.2, 0.25) is 5.91 Å². The van der Waals surface area contributed by atoms with Crippen molar-refractivity contribution in [3.8, 4) is 0 Å². The molecule has 1 aliphatic rings. The lowest BCUT2D eigenvalue weighted by Gasteiger charge is -2.33. The van der Waals surface area contributed by atoms with E-state index >= 15 is 0 Å². The number of rotatable bonds is 0. The fraction of sp³-hybridized carbons (Fsp3) is 0.316. The van der Waals surface area contributed by atoms with Crippen LogP contribution in [0.25, 0.3) is 0 Å². The Labute approximate surface area is 132 Å². The summed E-state index contributed by atoms with van der Waals surface area (Å²) in [6.07, 6.45) is 0. The molecule has 0 aliphatic carbocycles. The minimum absolute atomic E-state index is 0.0853. The summed E-state index contributed by atoms with van der Waals surface area (Å²) in [5.74, 6) is 0.0853. The topological polar surface area (TPSA) is 23.6 Å². The van der Waals surface area contributed by atoms with Gasteiger partial charge >= 0.3 is 0 Å². The molecule has 114 valence electrons. The number of anilines is 2. The van der Waals surface area contributed by atoms with Gasteiger partial charge in [0.05, 0.1) is 6.54 Å². The molecule has 22 heavy (non-hydrogen) atoms. The maximum atomic E-state index is 12.2. The molecule has 2 aromatic rings. The first-order chi connectivity index (χ1) is 10.5. The van der Waals surface area contributed by atoms with Crippen LogP contribution in [0.5, 0.6) is 0 Å². The zero-order chi connectivity index (χ0) is 15.9. The lowest BCUT2D eigenvalue weighted by molar-refractivity contribution is -0.116. The summed E-state index contributed by atoms with van der Waals surface area (Å²) in [7, 11) is 2.11. The van der Waals surface area contributed by atoms with E-state index in [9.17, 15) is 4.79 Å². The molecule has 0 aromatic heterocycles. The number of carbonyl (C=O) groups is 1. The molecule has 2 aromatic carbocycles. The standard InChI is InChI=1S/C19H22N2O/c1-13-5-7-18-17(10-13)12-21(15(3)22)19-8-6-14(2)9-16(19)11-20(18)4/h5-10H,11-12H2,1-4H3. The predicted octanol–water partition coefficient (Wildman–Crippen LogP) is 3.81. The number of fused-ring (bicyclic) bond motifs is 2. The highest BCUT2D eigenvalue weighted by molar-refractivity contribution is 5.93. The first-order valence-electron chi connectivity index (χ1n) is 7.64. The summed E-state index contributed by atoms with van der Waals surface area (Å²) in [4.78, 5) is 16.4. The van der Waals surface area contributed by atoms with E-state index in [0.29, 0.717) is 6.54 Å². The van der Waals surface area contributed by atoms with Crippen molar-refractivity contribution in [3.63, 3.8) is 0 Å². The third-order valence-corrected chi connectivity index (χ3v) is 4.29. The Balaban J connectivity index is 2.16. The number of nitrogens with zero attached hydrogens (tertiary/aromatic N) is 2. The Morgan fingerprint density at radius 1 is 0.909 bits per heavy atom. The molecule has 0 spiro atoms. The van der Waals surface area contributed by atoms with Crippen molar-refractivity contribution in [2.24, 2.45) is 0 Å². The predicted molar refractivity (Wildman–Crippen MR) is 91.3 cm³/mol. The van der Waals surface area contributed by atoms with Crippen LogP contribution in [0, 0.1) is 13.8 Å². The van der Waals surface area contributed by atoms with Crippen LogP contribution < -0.4 is 9.80 Å². The molecule has 3 nitrogen and oxygen atoms in total. The van der Waals surface area contributed by atoms with Crippen molar-refractivity contribution in [1.82, 2.24) is 0 Å². The summed E-state index contributed by atoms with van der Waals surface area (Å²) >= 11 is 0. The molecular formula is C19H22N2O. The third-order valence-electron chi connectivity index (χ3n) is 4.29. The van der Waals surface area contributed by atoms with E-state index in [2.05, 4.69) is 62.2 Å². The summed E-state index contributed by atoms with van der Waals surface area (Å²) in [5.41, 5.74) is 7.06. The maximum absolute atomic E-state index is 12.2. The largest absolute Gasteiger partial charge is 0.370 e. The Bertz CT molecular complexity index is 736. The molecule has 0 radical (unpaired) electrons. The van der Waals surface area contributed by atoms with Crippen LogP contribution in [0.1, 0.15) is 29.2 Å². The van der Waals surface area contributed by atoms with Crippen LogP contribution in [0.15, 0.2) is 36.4 Å². The van der Waals surface area contributed by atoms with Gasteiger partial charge in [-0.05, 0) is 37.1 Å². The molecule has 0 unspecified atom stereocenters. The fourth-order valence-electron chi connectivity index (χ4n) is 3.19. The molecular weight excluding hydrogens is 272 g/mol. The smallest absolute Gasteiger partial charge is 0.224 e. The monoisotopic (exact) mass is 294 g/mol. The van der Waals surface area contributed by atoms with Crippen molar-refractivity contribution in [2.45, 2.75) is 33.9 Å². The average Bonchev–Trinajstić information content (AvgIpc) is 2.44. The highest BCUT2D eigenvalue weighted by atomic mass is 16.2. The Kier molecular flexibility index (Phi) is 3.65. The Hall–Kier alpha value is -2.29. The average molecular weight is 294 g/mol. The van der Waals surface area contributed by atoms with Crippen molar-refractivity contribution in [2.75, 3.05) is 16.8 Å². The van der Waals surface area contributed by atoms with Crippen LogP contribution in [-0.4, -0.2) is 13.0 Å². The molecule has 1 aliphatic heterocycles. The second-order valence-corrected chi connectivity index (χ2v) is 6.23. The van der Waals surface area contributed by atoms with Gasteiger partial charge in [0, 0.05) is 31.9 Å². The number of benzene rings is 2. The van der Waals surface area contributed by atoms with Gasteiger partial charge in [-0.25, -0.2) is 0 Å². The minimum atomic E-state index is 0.0853. The number of hydrogen-bond donors (Lipinski definition) is 0. The molecule has 0 saturated carbocycles. The molecule has 0 atom stereocenters. The zero-order valence-electron chi connectivity index (χ0n) is 13.7. The van der Waals surface area contributed by atoms with Crippen molar-refractivity contribution in [1.29, 1.82) is 0 Å². The molecule has 1 heterocycles. The van der Waals surface area contributed by atoms with Gasteiger partial charge in [-0.15, -0.1) is 0 Å². The van der Waals surface area contributed by atoms with Gasteiger partial charge < -0.3 is 9.80 Å². The molecule has 3 rings (SSSR count). The van der Waals surface area contributed by atoms with Crippen molar-refractivity contribution < 1.29 is 4.79 Å². The Morgan fingerprint density at radius 3 is 2.05 bits per heavy atom. The highest BCUT2D eigenvalue weighted by Gasteiger charge is 2.22. The lowest BCUT2D eigenvalue weighted by Crippen LogP contribution is -2.33. The van der Waals surface area contributed by atoms with Crippen LogP contribution in [0.4, 0.5) is 11.4 Å². The normalized spacial score (nSPS) is 14.0. The van der Waals surface area contributed by atoms with E-state index in [-0.39, 0.29) is 5.91 Å². The van der Waals surface area contributed by atoms with Gasteiger partial charge in [-0.1, -0.05) is 35.4 Å². The number of aryl methyl sites for hydroxylation is 2. The fourth-order valence-corrected chi connectivity index (χ4v) is 3.19. The quantitative estimate of drug-likeness (QED) is 0.737. The van der Waals surface area contributed by atoms with Gasteiger partial charge in [0.15, 0.2) is 0 Å². The number of hydrogen-bond acceptors (Lipinski definition) is 2. The van der Waals surface area contributed by atoms with E-state index in [0.717, 1.165) is 12.2 Å². The summed E-state index contributed by atoms with van der Waals surface area (Å²) in [6.45, 7) is 7.25. The Morgan fingerprint density at radius 2 is 1.45 bits per heavy atom. The second-order valence-electron chi connectivity index (χ2n) is 6.23. The van der Waals surface area contributed by atoms with Gasteiger partial charge in [0.1, 0.15) is 0 Å². The van der Waals surface area contributed by atoms with E-state index in [1.807, 2.05) is 4.90 Å². The SMILES string of the molecule is CC(=O)N1Cc2cc(C)ccc2N(C)Cc2cc(C)ccc21. The second kappa shape index (κ2) is 5.48. The van der Waals surface area contributed by atoms with Crippen molar-refractivity contribution in [3.05, 3.63) is 58.7 Å². The summed E-state index contributed by atoms with van der Waals surface area (Å²) in [5, 5.41) is 0. The van der Waals surface area contributed by atoms with Gasteiger partial charge in [-0.3, -0.25) is 4.79 Å². The first kappa shape index (κ1) is 14.6. The van der Waals surface area contributed by atoms with E-state index in [4.69, 9.17) is 0 Å². The van der Waals surface area contributed by atoms with E-state index in [1.54, 1.807) is 6.92 Å². The molecule has 0 saturated heterocycles. The van der Waals surface area contributed by atoms with Crippen LogP contribution >= 0.6 is 0 Å². The van der Waals surface area contributed by atoms with Crippen molar-refractivity contribution >= 4 is 17.3 Å². The number of carbonyl (C=O) groups excluding carboxylic acids is 1. The molecule has 0 bridgehead atoms. The van der Waals surface area contributed by atoms with E-state index in [1.165, 1.54) is 27.9 Å². The van der Waals surface area contributed by atoms with Gasteiger partial charge in [-0.2, -0.15) is 0 Å². The summed E-state index contributed by atoms with van der Waals surface area (Å²) < 4.78 is 0. The molecule has 1 amide bonds. The zero-order valence-corrected chi connectivity index (χ0v) is 13.7. The maximum Gasteiger partial charge on any atom is 0.224 e. The summed E-state index contributed by atoms with van der Waals surface area (Å²) in [6, 6.07) is 12.8. The minimum Gasteiger partial charge on any atom is -0.370 e. The number of amides is 1. The third kappa shape index (κ3) is 2.59. The van der Waals surface area contributed by atoms with Crippen LogP contribution in [0.3, 0.4) is 0 Å². The van der Waals surface area contributed by atoms with Crippen LogP contribution in [-0.2, 0) is 17.9 Å². The van der Waals surface area contributed by atoms with E-state index < -0.39 is 0 Å². The molecule has 0 N–H and O–H groups in total. The molecule has 3 heteroatoms.